The van der Waals surface area contributed by atoms with Crippen LogP contribution in [0.3, 0.4) is 0 Å². The van der Waals surface area contributed by atoms with Crippen LogP contribution in [0.25, 0.3) is 43.8 Å². The molecule has 7 rings (SSSR count). The van der Waals surface area contributed by atoms with E-state index in [-0.39, 0.29) is 24.8 Å². The first kappa shape index (κ1) is 36.1. The van der Waals surface area contributed by atoms with Gasteiger partial charge in [0.25, 0.3) is 0 Å². The van der Waals surface area contributed by atoms with Gasteiger partial charge in [-0.15, -0.1) is 81.2 Å². The molecule has 0 aliphatic rings. The molecule has 0 spiro atoms. The average molecular weight is 692 g/mol. The Morgan fingerprint density at radius 1 is 0.488 bits per heavy atom. The Labute approximate surface area is 285 Å². The van der Waals surface area contributed by atoms with Crippen LogP contribution in [0.5, 0.6) is 0 Å². The van der Waals surface area contributed by atoms with Crippen molar-refractivity contribution in [1.82, 2.24) is 0 Å². The first-order valence-electron chi connectivity index (χ1n) is 13.6. The third-order valence-corrected chi connectivity index (χ3v) is 6.80. The van der Waals surface area contributed by atoms with Gasteiger partial charge in [-0.1, -0.05) is 104 Å². The third-order valence-electron chi connectivity index (χ3n) is 6.80. The zero-order valence-electron chi connectivity index (χ0n) is 24.4. The van der Waals surface area contributed by atoms with Gasteiger partial charge in [0.2, 0.25) is 0 Å². The van der Waals surface area contributed by atoms with Crippen molar-refractivity contribution in [3.63, 3.8) is 0 Å². The van der Waals surface area contributed by atoms with Crippen LogP contribution in [0.4, 0.5) is 0 Å². The van der Waals surface area contributed by atoms with Gasteiger partial charge in [0.05, 0.1) is 0 Å². The summed E-state index contributed by atoms with van der Waals surface area (Å²) in [6.45, 7) is 11.1. The second-order valence-electron chi connectivity index (χ2n) is 9.90. The van der Waals surface area contributed by atoms with Crippen molar-refractivity contribution in [3.05, 3.63) is 175 Å². The van der Waals surface area contributed by atoms with E-state index in [2.05, 4.69) is 149 Å². The summed E-state index contributed by atoms with van der Waals surface area (Å²) in [5, 5.41) is 5.37. The maximum absolute atomic E-state index is 3.72. The molecule has 0 bridgehead atoms. The first-order chi connectivity index (χ1) is 20.1. The number of hydrogen-bond acceptors (Lipinski definition) is 0. The van der Waals surface area contributed by atoms with E-state index in [9.17, 15) is 0 Å². The molecule has 0 saturated heterocycles. The summed E-state index contributed by atoms with van der Waals surface area (Å²) in [5.74, 6) is 0. The minimum atomic E-state index is 0. The van der Waals surface area contributed by atoms with Gasteiger partial charge in [0.1, 0.15) is 0 Å². The van der Waals surface area contributed by atoms with Crippen molar-refractivity contribution >= 4 is 28.4 Å². The topological polar surface area (TPSA) is 0 Å². The maximum atomic E-state index is 3.72. The van der Waals surface area contributed by atoms with Crippen molar-refractivity contribution in [3.8, 4) is 22.3 Å². The summed E-state index contributed by atoms with van der Waals surface area (Å²) in [5.41, 5.74) is 8.97. The molecule has 0 aliphatic heterocycles. The number of fused-ring (bicyclic) bond motifs is 2. The summed E-state index contributed by atoms with van der Waals surface area (Å²) in [7, 11) is 0. The molecule has 7 aromatic rings. The Kier molecular flexibility index (Phi) is 15.5. The number of aryl methyl sites for hydroxylation is 2. The fraction of sp³-hybridized carbons (Fsp3) is 0.0513. The van der Waals surface area contributed by atoms with E-state index in [1.54, 1.807) is 0 Å². The number of hydrogen-bond donors (Lipinski definition) is 0. The second kappa shape index (κ2) is 18.5. The predicted octanol–water partition coefficient (Wildman–Crippen LogP) is 4.56. The Morgan fingerprint density at radius 3 is 1.16 bits per heavy atom. The van der Waals surface area contributed by atoms with Gasteiger partial charge < -0.3 is 24.8 Å². The van der Waals surface area contributed by atoms with E-state index < -0.39 is 0 Å². The van der Waals surface area contributed by atoms with E-state index in [4.69, 9.17) is 0 Å². The summed E-state index contributed by atoms with van der Waals surface area (Å²) in [6.07, 6.45) is 0. The Balaban J connectivity index is 0.000000228. The molecule has 2 radical (unpaired) electrons. The Morgan fingerprint density at radius 2 is 0.837 bits per heavy atom. The quantitative estimate of drug-likeness (QED) is 0.184. The van der Waals surface area contributed by atoms with Crippen LogP contribution in [-0.4, -0.2) is 6.88 Å². The van der Waals surface area contributed by atoms with E-state index >= 15 is 0 Å². The van der Waals surface area contributed by atoms with Crippen molar-refractivity contribution in [2.75, 3.05) is 0 Å². The second-order valence-corrected chi connectivity index (χ2v) is 9.90. The van der Waals surface area contributed by atoms with Crippen molar-refractivity contribution < 1.29 is 48.1 Å². The van der Waals surface area contributed by atoms with Gasteiger partial charge in [-0.3, -0.25) is 0 Å². The molecule has 0 unspecified atom stereocenters. The van der Waals surface area contributed by atoms with Gasteiger partial charge in [0, 0.05) is 0 Å². The van der Waals surface area contributed by atoms with E-state index in [1.807, 2.05) is 30.3 Å². The molecule has 0 aromatic heterocycles. The molecule has 0 nitrogen and oxygen atoms in total. The molecule has 0 fully saturated rings. The van der Waals surface area contributed by atoms with Crippen molar-refractivity contribution in [2.24, 2.45) is 0 Å². The Bertz CT molecular complexity index is 1670. The van der Waals surface area contributed by atoms with Gasteiger partial charge in [-0.25, -0.2) is 0 Å². The summed E-state index contributed by atoms with van der Waals surface area (Å²) < 4.78 is 0. The van der Waals surface area contributed by atoms with Gasteiger partial charge in [0.15, 0.2) is 0 Å². The third kappa shape index (κ3) is 9.95. The minimum absolute atomic E-state index is 0. The number of benzene rings is 5. The SMILES string of the molecule is Cc1cc2c(-c3ccccc3)cccc2[cH-]1.Cc1cc2c(-c3ccccc3)cccc2[cH-]1.[CH2-]c1ccccc1.[Cl-].[Cl-].[Si]=[Zr+2]. The van der Waals surface area contributed by atoms with Crippen LogP contribution < -0.4 is 24.8 Å². The van der Waals surface area contributed by atoms with E-state index in [1.165, 1.54) is 78.3 Å². The summed E-state index contributed by atoms with van der Waals surface area (Å²) in [4.78, 5) is 0. The van der Waals surface area contributed by atoms with Crippen LogP contribution in [0.1, 0.15) is 16.7 Å². The van der Waals surface area contributed by atoms with Gasteiger partial charge in [-0.05, 0) is 11.1 Å². The zero-order chi connectivity index (χ0) is 29.0. The molecular weight excluding hydrogens is 659 g/mol. The van der Waals surface area contributed by atoms with Crippen LogP contribution >= 0.6 is 0 Å². The fourth-order valence-electron chi connectivity index (χ4n) is 4.99. The average Bonchev–Trinajstić information content (AvgIpc) is 3.60. The van der Waals surface area contributed by atoms with Crippen LogP contribution in [-0.2, 0) is 23.3 Å². The normalized spacial score (nSPS) is 9.58. The van der Waals surface area contributed by atoms with Gasteiger partial charge >= 0.3 is 30.2 Å². The van der Waals surface area contributed by atoms with Crippen LogP contribution in [0, 0.1) is 20.8 Å². The molecule has 214 valence electrons. The molecule has 43 heavy (non-hydrogen) atoms. The molecule has 0 heterocycles. The zero-order valence-corrected chi connectivity index (χ0v) is 29.4. The van der Waals surface area contributed by atoms with Crippen molar-refractivity contribution in [2.45, 2.75) is 13.8 Å². The van der Waals surface area contributed by atoms with Crippen molar-refractivity contribution in [1.29, 1.82) is 0 Å². The van der Waals surface area contributed by atoms with E-state index in [0.717, 1.165) is 5.56 Å². The van der Waals surface area contributed by atoms with Crippen LogP contribution in [0.2, 0.25) is 0 Å². The fourth-order valence-corrected chi connectivity index (χ4v) is 4.99. The van der Waals surface area contributed by atoms with Gasteiger partial charge in [-0.2, -0.15) is 36.8 Å². The summed E-state index contributed by atoms with van der Waals surface area (Å²) >= 11 is 1.36. The standard InChI is InChI=1S/2C16H13.C7H7.2ClH.Si.Zr/c2*1-12-10-14-8-5-9-15(16(14)11-12)13-6-3-2-4-7-13;1-7-5-3-2-4-6-7;;;;/h2*2-11H,1H3;2-6H,1H2;2*1H;;/q3*-1;;;;+2/p-2. The molecular formula is C39H33Cl2SiZr-3. The molecule has 0 amide bonds. The first-order valence-corrected chi connectivity index (χ1v) is 17.8. The molecule has 0 aliphatic carbocycles. The Hall–Kier alpha value is -3.13. The molecule has 4 heteroatoms. The molecule has 7 aromatic carbocycles. The monoisotopic (exact) mass is 689 g/mol. The van der Waals surface area contributed by atoms with E-state index in [0.29, 0.717) is 0 Å². The molecule has 0 atom stereocenters. The number of halogens is 2. The van der Waals surface area contributed by atoms with Crippen LogP contribution in [0.15, 0.2) is 152 Å². The molecule has 0 N–H and O–H groups in total. The summed E-state index contributed by atoms with van der Waals surface area (Å²) in [6, 6.07) is 53.0. The number of rotatable bonds is 2. The molecule has 0 saturated carbocycles. The predicted molar refractivity (Wildman–Crippen MR) is 176 cm³/mol.